The number of fused-ring (bicyclic) bond motifs is 4. The van der Waals surface area contributed by atoms with E-state index >= 15 is 0 Å². The second-order valence-corrected chi connectivity index (χ2v) is 8.61. The van der Waals surface area contributed by atoms with Crippen molar-refractivity contribution in [2.24, 2.45) is 4.99 Å². The lowest BCUT2D eigenvalue weighted by molar-refractivity contribution is -0.114. The van der Waals surface area contributed by atoms with Gasteiger partial charge >= 0.3 is 5.63 Å². The lowest BCUT2D eigenvalue weighted by Crippen LogP contribution is -2.19. The zero-order valence-corrected chi connectivity index (χ0v) is 18.8. The predicted octanol–water partition coefficient (Wildman–Crippen LogP) is 4.30. The van der Waals surface area contributed by atoms with Crippen molar-refractivity contribution >= 4 is 60.8 Å². The van der Waals surface area contributed by atoms with Crippen LogP contribution < -0.4 is 15.7 Å². The van der Waals surface area contributed by atoms with Crippen LogP contribution in [0.3, 0.4) is 0 Å². The van der Waals surface area contributed by atoms with Gasteiger partial charge in [0.15, 0.2) is 4.80 Å². The van der Waals surface area contributed by atoms with E-state index in [1.165, 1.54) is 24.3 Å². The number of benzene rings is 3. The summed E-state index contributed by atoms with van der Waals surface area (Å²) in [5, 5.41) is 5.22. The Bertz CT molecular complexity index is 1800. The summed E-state index contributed by atoms with van der Waals surface area (Å²) in [5.74, 6) is 1.66. The van der Waals surface area contributed by atoms with E-state index in [0.29, 0.717) is 21.5 Å². The van der Waals surface area contributed by atoms with E-state index < -0.39 is 11.5 Å². The normalized spacial score (nSPS) is 11.7. The third-order valence-electron chi connectivity index (χ3n) is 5.32. The molecule has 0 aliphatic rings. The summed E-state index contributed by atoms with van der Waals surface area (Å²) in [6.07, 6.45) is 5.54. The second kappa shape index (κ2) is 8.46. The van der Waals surface area contributed by atoms with Gasteiger partial charge in [0.25, 0.3) is 5.91 Å². The Morgan fingerprint density at radius 2 is 1.94 bits per heavy atom. The van der Waals surface area contributed by atoms with Crippen molar-refractivity contribution in [2.45, 2.75) is 13.5 Å². The molecule has 0 radical (unpaired) electrons. The Hall–Kier alpha value is -4.48. The fourth-order valence-electron chi connectivity index (χ4n) is 3.85. The van der Waals surface area contributed by atoms with Gasteiger partial charge in [-0.05, 0) is 41.1 Å². The average molecular weight is 468 g/mol. The summed E-state index contributed by atoms with van der Waals surface area (Å²) >= 11 is 1.24. The van der Waals surface area contributed by atoms with Gasteiger partial charge in [0, 0.05) is 18.0 Å². The van der Waals surface area contributed by atoms with E-state index in [-0.39, 0.29) is 18.0 Å². The molecule has 0 spiro atoms. The van der Waals surface area contributed by atoms with E-state index in [1.807, 2.05) is 30.3 Å². The number of amides is 2. The minimum absolute atomic E-state index is 0.160. The Balaban J connectivity index is 1.67. The molecular weight excluding hydrogens is 450 g/mol. The molecule has 0 saturated heterocycles. The molecule has 3 aromatic carbocycles. The van der Waals surface area contributed by atoms with Gasteiger partial charge in [-0.15, -0.1) is 6.42 Å². The van der Waals surface area contributed by atoms with Gasteiger partial charge in [-0.3, -0.25) is 9.59 Å². The molecule has 1 N–H and O–H groups in total. The number of nitrogens with one attached hydrogen (secondary N) is 1. The van der Waals surface area contributed by atoms with Crippen LogP contribution in [0.1, 0.15) is 17.3 Å². The van der Waals surface area contributed by atoms with Gasteiger partial charge in [-0.1, -0.05) is 47.6 Å². The highest BCUT2D eigenvalue weighted by Crippen LogP contribution is 2.25. The quantitative estimate of drug-likeness (QED) is 0.243. The maximum atomic E-state index is 13.1. The highest BCUT2D eigenvalue weighted by molar-refractivity contribution is 7.16. The molecular formula is C26H17N3O4S. The molecule has 0 unspecified atom stereocenters. The SMILES string of the molecule is C#CCn1c(=NC(=O)c2cc3c(ccc4ccccc43)oc2=O)sc2cc(NC(C)=O)ccc21. The van der Waals surface area contributed by atoms with Crippen molar-refractivity contribution in [3.63, 3.8) is 0 Å². The fraction of sp³-hybridized carbons (Fsp3) is 0.0769. The maximum absolute atomic E-state index is 13.1. The Kier molecular flexibility index (Phi) is 5.32. The first-order valence-electron chi connectivity index (χ1n) is 10.3. The van der Waals surface area contributed by atoms with Crippen LogP contribution in [0.5, 0.6) is 0 Å². The van der Waals surface area contributed by atoms with E-state index in [2.05, 4.69) is 16.2 Å². The summed E-state index contributed by atoms with van der Waals surface area (Å²) in [7, 11) is 0. The molecule has 0 fully saturated rings. The number of hydrogen-bond acceptors (Lipinski definition) is 5. The first-order chi connectivity index (χ1) is 16.4. The number of hydrogen-bond donors (Lipinski definition) is 1. The number of rotatable bonds is 3. The zero-order valence-electron chi connectivity index (χ0n) is 18.0. The van der Waals surface area contributed by atoms with Crippen LogP contribution in [0, 0.1) is 12.3 Å². The molecule has 0 atom stereocenters. The summed E-state index contributed by atoms with van der Waals surface area (Å²) in [5.41, 5.74) is 0.866. The zero-order chi connectivity index (χ0) is 23.8. The molecule has 0 bridgehead atoms. The first-order valence-corrected chi connectivity index (χ1v) is 11.2. The monoisotopic (exact) mass is 467 g/mol. The number of anilines is 1. The third-order valence-corrected chi connectivity index (χ3v) is 6.36. The molecule has 0 aliphatic carbocycles. The van der Waals surface area contributed by atoms with Gasteiger partial charge in [0.2, 0.25) is 5.91 Å². The van der Waals surface area contributed by atoms with Crippen molar-refractivity contribution in [1.82, 2.24) is 4.57 Å². The van der Waals surface area contributed by atoms with Gasteiger partial charge in [-0.2, -0.15) is 4.99 Å². The third kappa shape index (κ3) is 3.78. The number of terminal acetylenes is 1. The van der Waals surface area contributed by atoms with E-state index in [9.17, 15) is 14.4 Å². The number of carbonyl (C=O) groups excluding carboxylic acids is 2. The second-order valence-electron chi connectivity index (χ2n) is 7.60. The van der Waals surface area contributed by atoms with Crippen molar-refractivity contribution in [2.75, 3.05) is 5.32 Å². The summed E-state index contributed by atoms with van der Waals surface area (Å²) in [6.45, 7) is 1.61. The van der Waals surface area contributed by atoms with Crippen LogP contribution in [-0.2, 0) is 11.3 Å². The molecule has 8 heteroatoms. The van der Waals surface area contributed by atoms with Crippen molar-refractivity contribution in [1.29, 1.82) is 0 Å². The molecule has 5 aromatic rings. The molecule has 0 aliphatic heterocycles. The van der Waals surface area contributed by atoms with Crippen molar-refractivity contribution in [3.05, 3.63) is 81.4 Å². The topological polar surface area (TPSA) is 93.7 Å². The first kappa shape index (κ1) is 21.4. The van der Waals surface area contributed by atoms with Gasteiger partial charge in [-0.25, -0.2) is 4.79 Å². The molecule has 2 heterocycles. The molecule has 5 rings (SSSR count). The molecule has 166 valence electrons. The van der Waals surface area contributed by atoms with Crippen LogP contribution >= 0.6 is 11.3 Å². The number of nitrogens with zero attached hydrogens (tertiary/aromatic N) is 2. The van der Waals surface area contributed by atoms with E-state index in [4.69, 9.17) is 10.8 Å². The molecule has 0 saturated carbocycles. The van der Waals surface area contributed by atoms with Crippen LogP contribution in [0.15, 0.2) is 74.9 Å². The largest absolute Gasteiger partial charge is 0.422 e. The number of thiazole rings is 1. The van der Waals surface area contributed by atoms with Gasteiger partial charge < -0.3 is 14.3 Å². The highest BCUT2D eigenvalue weighted by atomic mass is 32.1. The molecule has 7 nitrogen and oxygen atoms in total. The number of aromatic nitrogens is 1. The van der Waals surface area contributed by atoms with Gasteiger partial charge in [0.05, 0.1) is 16.8 Å². The lowest BCUT2D eigenvalue weighted by Gasteiger charge is -2.04. The van der Waals surface area contributed by atoms with Crippen LogP contribution in [0.2, 0.25) is 0 Å². The summed E-state index contributed by atoms with van der Waals surface area (Å²) in [6, 6.07) is 18.1. The van der Waals surface area contributed by atoms with Crippen LogP contribution in [0.25, 0.3) is 32.0 Å². The van der Waals surface area contributed by atoms with Crippen LogP contribution in [0.4, 0.5) is 5.69 Å². The van der Waals surface area contributed by atoms with Crippen LogP contribution in [-0.4, -0.2) is 16.4 Å². The Morgan fingerprint density at radius 1 is 1.12 bits per heavy atom. The minimum atomic E-state index is -0.755. The fourth-order valence-corrected chi connectivity index (χ4v) is 4.92. The van der Waals surface area contributed by atoms with E-state index in [1.54, 1.807) is 28.8 Å². The lowest BCUT2D eigenvalue weighted by atomic mass is 10.0. The molecule has 34 heavy (non-hydrogen) atoms. The minimum Gasteiger partial charge on any atom is -0.422 e. The van der Waals surface area contributed by atoms with Crippen molar-refractivity contribution < 1.29 is 14.0 Å². The Morgan fingerprint density at radius 3 is 2.74 bits per heavy atom. The maximum Gasteiger partial charge on any atom is 0.349 e. The summed E-state index contributed by atoms with van der Waals surface area (Å²) in [4.78, 5) is 41.7. The van der Waals surface area contributed by atoms with Gasteiger partial charge in [0.1, 0.15) is 11.1 Å². The van der Waals surface area contributed by atoms with Crippen molar-refractivity contribution in [3.8, 4) is 12.3 Å². The van der Waals surface area contributed by atoms with E-state index in [0.717, 1.165) is 21.0 Å². The molecule has 2 amide bonds. The number of carbonyl (C=O) groups is 2. The predicted molar refractivity (Wildman–Crippen MR) is 133 cm³/mol. The standard InChI is InChI=1S/C26H17N3O4S/c1-3-12-29-21-10-9-17(27-15(2)30)13-23(21)34-26(29)28-24(31)20-14-19-18-7-5-4-6-16(18)8-11-22(19)33-25(20)32/h1,4-11,13-14H,12H2,2H3,(H,27,30). The smallest absolute Gasteiger partial charge is 0.349 e. The molecule has 2 aromatic heterocycles. The summed E-state index contributed by atoms with van der Waals surface area (Å²) < 4.78 is 7.93. The Labute approximate surface area is 197 Å². The average Bonchev–Trinajstić information content (AvgIpc) is 3.14. The highest BCUT2D eigenvalue weighted by Gasteiger charge is 2.16.